The maximum absolute atomic E-state index is 11.9. The van der Waals surface area contributed by atoms with Crippen LogP contribution in [0.1, 0.15) is 11.1 Å². The molecule has 0 atom stereocenters. The Balaban J connectivity index is 1.49. The molecule has 0 aliphatic carbocycles. The maximum atomic E-state index is 11.9. The van der Waals surface area contributed by atoms with Gasteiger partial charge in [0.25, 0.3) is 0 Å². The van der Waals surface area contributed by atoms with Gasteiger partial charge in [-0.2, -0.15) is 0 Å². The summed E-state index contributed by atoms with van der Waals surface area (Å²) < 4.78 is 11.2. The van der Waals surface area contributed by atoms with Crippen LogP contribution in [0, 0.1) is 6.92 Å². The van der Waals surface area contributed by atoms with Crippen molar-refractivity contribution in [3.05, 3.63) is 88.3 Å². The molecule has 136 valence electrons. The molecule has 0 aliphatic heterocycles. The van der Waals surface area contributed by atoms with Gasteiger partial charge in [-0.05, 0) is 35.9 Å². The van der Waals surface area contributed by atoms with Gasteiger partial charge in [-0.15, -0.1) is 0 Å². The average molecular weight is 360 g/mol. The molecule has 0 spiro atoms. The Morgan fingerprint density at radius 1 is 1.00 bits per heavy atom. The molecule has 4 rings (SSSR count). The van der Waals surface area contributed by atoms with Gasteiger partial charge in [-0.3, -0.25) is 0 Å². The van der Waals surface area contributed by atoms with Crippen LogP contribution < -0.4 is 15.7 Å². The summed E-state index contributed by atoms with van der Waals surface area (Å²) in [4.78, 5) is 11.9. The fourth-order valence-corrected chi connectivity index (χ4v) is 3.33. The SMILES string of the molecule is Cc1ccc(OCC[NH2+]Cc2cc(=O)oc3ccc4ccccc4c23)cc1. The van der Waals surface area contributed by atoms with Gasteiger partial charge in [-0.25, -0.2) is 4.79 Å². The normalized spacial score (nSPS) is 11.1. The topological polar surface area (TPSA) is 56.0 Å². The Labute approximate surface area is 157 Å². The zero-order valence-electron chi connectivity index (χ0n) is 15.3. The van der Waals surface area contributed by atoms with Gasteiger partial charge >= 0.3 is 5.63 Å². The molecular weight excluding hydrogens is 338 g/mol. The van der Waals surface area contributed by atoms with E-state index in [0.717, 1.165) is 34.0 Å². The summed E-state index contributed by atoms with van der Waals surface area (Å²) >= 11 is 0. The van der Waals surface area contributed by atoms with Crippen molar-refractivity contribution >= 4 is 21.7 Å². The molecular formula is C23H22NO3+. The first-order valence-corrected chi connectivity index (χ1v) is 9.16. The van der Waals surface area contributed by atoms with Crippen molar-refractivity contribution in [3.63, 3.8) is 0 Å². The smallest absolute Gasteiger partial charge is 0.336 e. The van der Waals surface area contributed by atoms with Crippen LogP contribution in [0.5, 0.6) is 5.75 Å². The number of hydrogen-bond acceptors (Lipinski definition) is 3. The summed E-state index contributed by atoms with van der Waals surface area (Å²) in [5.41, 5.74) is 2.54. The molecule has 0 radical (unpaired) electrons. The van der Waals surface area contributed by atoms with Crippen LogP contribution in [0.3, 0.4) is 0 Å². The van der Waals surface area contributed by atoms with Gasteiger partial charge in [0.1, 0.15) is 31.0 Å². The first-order valence-electron chi connectivity index (χ1n) is 9.16. The molecule has 1 heterocycles. The fraction of sp³-hybridized carbons (Fsp3) is 0.174. The minimum absolute atomic E-state index is 0.308. The van der Waals surface area contributed by atoms with Crippen molar-refractivity contribution in [1.29, 1.82) is 0 Å². The van der Waals surface area contributed by atoms with Crippen LogP contribution in [-0.4, -0.2) is 13.2 Å². The van der Waals surface area contributed by atoms with Gasteiger partial charge in [-0.1, -0.05) is 48.0 Å². The van der Waals surface area contributed by atoms with Crippen LogP contribution in [-0.2, 0) is 6.54 Å². The zero-order valence-corrected chi connectivity index (χ0v) is 15.3. The second kappa shape index (κ2) is 7.64. The van der Waals surface area contributed by atoms with E-state index in [4.69, 9.17) is 9.15 Å². The maximum Gasteiger partial charge on any atom is 0.336 e. The molecule has 0 unspecified atom stereocenters. The van der Waals surface area contributed by atoms with E-state index in [2.05, 4.69) is 24.4 Å². The van der Waals surface area contributed by atoms with Crippen molar-refractivity contribution in [3.8, 4) is 5.75 Å². The zero-order chi connectivity index (χ0) is 18.6. The summed E-state index contributed by atoms with van der Waals surface area (Å²) in [5.74, 6) is 0.880. The van der Waals surface area contributed by atoms with Gasteiger partial charge < -0.3 is 14.5 Å². The minimum Gasteiger partial charge on any atom is -0.488 e. The lowest BCUT2D eigenvalue weighted by atomic mass is 10.0. The fourth-order valence-electron chi connectivity index (χ4n) is 3.33. The number of quaternary nitrogens is 1. The number of hydrogen-bond donors (Lipinski definition) is 1. The molecule has 0 fully saturated rings. The van der Waals surface area contributed by atoms with Crippen LogP contribution >= 0.6 is 0 Å². The van der Waals surface area contributed by atoms with E-state index >= 15 is 0 Å². The molecule has 27 heavy (non-hydrogen) atoms. The molecule has 4 heteroatoms. The minimum atomic E-state index is -0.308. The number of aryl methyl sites for hydroxylation is 1. The van der Waals surface area contributed by atoms with Gasteiger partial charge in [0.2, 0.25) is 0 Å². The van der Waals surface area contributed by atoms with Crippen LogP contribution in [0.4, 0.5) is 0 Å². The Morgan fingerprint density at radius 3 is 2.67 bits per heavy atom. The predicted octanol–water partition coefficient (Wildman–Crippen LogP) is 3.40. The Hall–Kier alpha value is -3.11. The third-order valence-electron chi connectivity index (χ3n) is 4.69. The van der Waals surface area contributed by atoms with Gasteiger partial charge in [0, 0.05) is 17.0 Å². The lowest BCUT2D eigenvalue weighted by Crippen LogP contribution is -2.83. The number of nitrogens with two attached hydrogens (primary N) is 1. The standard InChI is InChI=1S/C23H21NO3/c1-16-6-9-19(10-7-16)26-13-12-24-15-18-14-22(25)27-21-11-8-17-4-2-3-5-20(17)23(18)21/h2-11,14,24H,12-13,15H2,1H3/p+1. The Bertz CT molecular complexity index is 1130. The van der Waals surface area contributed by atoms with Crippen LogP contribution in [0.25, 0.3) is 21.7 Å². The molecule has 4 aromatic rings. The largest absolute Gasteiger partial charge is 0.488 e. The number of benzene rings is 3. The lowest BCUT2D eigenvalue weighted by Gasteiger charge is -2.09. The van der Waals surface area contributed by atoms with Crippen molar-refractivity contribution in [2.75, 3.05) is 13.2 Å². The predicted molar refractivity (Wildman–Crippen MR) is 107 cm³/mol. The van der Waals surface area contributed by atoms with E-state index < -0.39 is 0 Å². The molecule has 0 bridgehead atoms. The van der Waals surface area contributed by atoms with Gasteiger partial charge in [0.15, 0.2) is 0 Å². The first-order chi connectivity index (χ1) is 13.2. The molecule has 0 saturated heterocycles. The van der Waals surface area contributed by atoms with E-state index in [9.17, 15) is 4.79 Å². The third-order valence-corrected chi connectivity index (χ3v) is 4.69. The monoisotopic (exact) mass is 360 g/mol. The van der Waals surface area contributed by atoms with Crippen molar-refractivity contribution in [2.45, 2.75) is 13.5 Å². The average Bonchev–Trinajstić information content (AvgIpc) is 2.68. The lowest BCUT2D eigenvalue weighted by molar-refractivity contribution is -0.670. The highest BCUT2D eigenvalue weighted by atomic mass is 16.5. The highest BCUT2D eigenvalue weighted by Crippen LogP contribution is 2.26. The summed E-state index contributed by atoms with van der Waals surface area (Å²) in [7, 11) is 0. The summed E-state index contributed by atoms with van der Waals surface area (Å²) in [6.07, 6.45) is 0. The molecule has 2 N–H and O–H groups in total. The second-order valence-electron chi connectivity index (χ2n) is 6.69. The Morgan fingerprint density at radius 2 is 1.81 bits per heavy atom. The second-order valence-corrected chi connectivity index (χ2v) is 6.69. The van der Waals surface area contributed by atoms with E-state index in [1.54, 1.807) is 6.07 Å². The molecule has 0 aliphatic rings. The molecule has 1 aromatic heterocycles. The van der Waals surface area contributed by atoms with Crippen molar-refractivity contribution in [2.24, 2.45) is 0 Å². The summed E-state index contributed by atoms with van der Waals surface area (Å²) in [6.45, 7) is 4.18. The molecule has 3 aromatic carbocycles. The van der Waals surface area contributed by atoms with Crippen LogP contribution in [0.15, 0.2) is 75.9 Å². The van der Waals surface area contributed by atoms with Crippen molar-refractivity contribution in [1.82, 2.24) is 0 Å². The number of fused-ring (bicyclic) bond motifs is 3. The quantitative estimate of drug-likeness (QED) is 0.326. The highest BCUT2D eigenvalue weighted by Gasteiger charge is 2.10. The molecule has 0 amide bonds. The number of ether oxygens (including phenoxy) is 1. The van der Waals surface area contributed by atoms with Crippen LogP contribution in [0.2, 0.25) is 0 Å². The van der Waals surface area contributed by atoms with Crippen molar-refractivity contribution < 1.29 is 14.5 Å². The van der Waals surface area contributed by atoms with Gasteiger partial charge in [0.05, 0.1) is 0 Å². The molecule has 0 saturated carbocycles. The van der Waals surface area contributed by atoms with E-state index in [1.807, 2.05) is 48.5 Å². The molecule has 4 nitrogen and oxygen atoms in total. The third kappa shape index (κ3) is 3.86. The summed E-state index contributed by atoms with van der Waals surface area (Å²) in [6, 6.07) is 21.7. The highest BCUT2D eigenvalue weighted by molar-refractivity contribution is 6.06. The van der Waals surface area contributed by atoms with E-state index in [0.29, 0.717) is 18.7 Å². The Kier molecular flexibility index (Phi) is 4.90. The summed E-state index contributed by atoms with van der Waals surface area (Å²) in [5, 5.41) is 5.42. The van der Waals surface area contributed by atoms with E-state index in [-0.39, 0.29) is 5.63 Å². The van der Waals surface area contributed by atoms with E-state index in [1.165, 1.54) is 5.56 Å². The number of rotatable bonds is 6. The first kappa shape index (κ1) is 17.3.